The van der Waals surface area contributed by atoms with E-state index in [1.54, 1.807) is 12.1 Å². The van der Waals surface area contributed by atoms with Gasteiger partial charge in [-0.25, -0.2) is 0 Å². The SMILES string of the molecule is N#Cc1ccc(-c2cc(C(F)(F)F)[nH]n2)s1. The molecule has 0 aliphatic heterocycles. The zero-order valence-electron chi connectivity index (χ0n) is 7.67. The molecule has 2 rings (SSSR count). The van der Waals surface area contributed by atoms with E-state index in [1.807, 2.05) is 11.2 Å². The molecule has 0 aliphatic carbocycles. The smallest absolute Gasteiger partial charge is 0.273 e. The maximum Gasteiger partial charge on any atom is 0.432 e. The van der Waals surface area contributed by atoms with Crippen LogP contribution < -0.4 is 0 Å². The summed E-state index contributed by atoms with van der Waals surface area (Å²) < 4.78 is 36.8. The van der Waals surface area contributed by atoms with Crippen LogP contribution in [0.1, 0.15) is 10.6 Å². The Morgan fingerprint density at radius 3 is 2.62 bits per heavy atom. The first kappa shape index (κ1) is 10.7. The highest BCUT2D eigenvalue weighted by atomic mass is 32.1. The molecule has 0 bridgehead atoms. The molecule has 0 saturated heterocycles. The molecule has 82 valence electrons. The maximum absolute atomic E-state index is 12.3. The number of H-pyrrole nitrogens is 1. The molecule has 0 aliphatic rings. The van der Waals surface area contributed by atoms with Gasteiger partial charge < -0.3 is 0 Å². The van der Waals surface area contributed by atoms with Gasteiger partial charge in [-0.3, -0.25) is 5.10 Å². The van der Waals surface area contributed by atoms with Gasteiger partial charge in [-0.1, -0.05) is 0 Å². The van der Waals surface area contributed by atoms with E-state index in [0.29, 0.717) is 9.75 Å². The van der Waals surface area contributed by atoms with Crippen LogP contribution in [0.25, 0.3) is 10.6 Å². The number of halogens is 3. The van der Waals surface area contributed by atoms with Crippen LogP contribution in [0.4, 0.5) is 13.2 Å². The van der Waals surface area contributed by atoms with Gasteiger partial charge in [-0.15, -0.1) is 11.3 Å². The zero-order valence-corrected chi connectivity index (χ0v) is 8.49. The van der Waals surface area contributed by atoms with Gasteiger partial charge in [0.15, 0.2) is 0 Å². The lowest BCUT2D eigenvalue weighted by Gasteiger charge is -1.99. The van der Waals surface area contributed by atoms with Crippen molar-refractivity contribution in [3.63, 3.8) is 0 Å². The highest BCUT2D eigenvalue weighted by molar-refractivity contribution is 7.15. The lowest BCUT2D eigenvalue weighted by atomic mass is 10.3. The van der Waals surface area contributed by atoms with Crippen molar-refractivity contribution < 1.29 is 13.2 Å². The fourth-order valence-electron chi connectivity index (χ4n) is 1.13. The quantitative estimate of drug-likeness (QED) is 0.836. The minimum atomic E-state index is -4.43. The van der Waals surface area contributed by atoms with Crippen molar-refractivity contribution in [1.82, 2.24) is 10.2 Å². The van der Waals surface area contributed by atoms with Gasteiger partial charge in [-0.2, -0.15) is 23.5 Å². The second-order valence-electron chi connectivity index (χ2n) is 2.94. The minimum Gasteiger partial charge on any atom is -0.273 e. The van der Waals surface area contributed by atoms with E-state index in [2.05, 4.69) is 5.10 Å². The zero-order chi connectivity index (χ0) is 11.8. The van der Waals surface area contributed by atoms with Crippen LogP contribution >= 0.6 is 11.3 Å². The number of thiophene rings is 1. The second-order valence-corrected chi connectivity index (χ2v) is 4.02. The Balaban J connectivity index is 2.36. The molecule has 0 unspecified atom stereocenters. The molecule has 0 aromatic carbocycles. The van der Waals surface area contributed by atoms with E-state index in [-0.39, 0.29) is 5.69 Å². The number of nitriles is 1. The van der Waals surface area contributed by atoms with Crippen LogP contribution in [0.5, 0.6) is 0 Å². The average Bonchev–Trinajstić information content (AvgIpc) is 2.85. The summed E-state index contributed by atoms with van der Waals surface area (Å²) in [6.45, 7) is 0. The standard InChI is InChI=1S/C9H4F3N3S/c10-9(11,12)8-3-6(14-15-8)7-2-1-5(4-13)16-7/h1-3H,(H,14,15). The first-order valence-electron chi connectivity index (χ1n) is 4.13. The number of nitrogens with zero attached hydrogens (tertiary/aromatic N) is 2. The third-order valence-electron chi connectivity index (χ3n) is 1.85. The number of hydrogen-bond acceptors (Lipinski definition) is 3. The number of aromatic amines is 1. The van der Waals surface area contributed by atoms with E-state index in [4.69, 9.17) is 5.26 Å². The van der Waals surface area contributed by atoms with Crippen molar-refractivity contribution in [3.8, 4) is 16.6 Å². The molecule has 0 fully saturated rings. The number of hydrogen-bond donors (Lipinski definition) is 1. The van der Waals surface area contributed by atoms with Crippen molar-refractivity contribution in [2.45, 2.75) is 6.18 Å². The molecule has 1 N–H and O–H groups in total. The van der Waals surface area contributed by atoms with Gasteiger partial charge >= 0.3 is 6.18 Å². The third-order valence-corrected chi connectivity index (χ3v) is 2.86. The highest BCUT2D eigenvalue weighted by Crippen LogP contribution is 2.32. The summed E-state index contributed by atoms with van der Waals surface area (Å²) in [5, 5.41) is 14.1. The normalized spacial score (nSPS) is 11.4. The largest absolute Gasteiger partial charge is 0.432 e. The van der Waals surface area contributed by atoms with Gasteiger partial charge in [0.2, 0.25) is 0 Å². The summed E-state index contributed by atoms with van der Waals surface area (Å²) in [4.78, 5) is 0.967. The van der Waals surface area contributed by atoms with E-state index >= 15 is 0 Å². The molecule has 2 aromatic heterocycles. The molecule has 2 heterocycles. The summed E-state index contributed by atoms with van der Waals surface area (Å²) >= 11 is 1.10. The molecular formula is C9H4F3N3S. The van der Waals surface area contributed by atoms with Gasteiger partial charge in [-0.05, 0) is 18.2 Å². The Kier molecular flexibility index (Phi) is 2.44. The third kappa shape index (κ3) is 1.92. The molecule has 3 nitrogen and oxygen atoms in total. The van der Waals surface area contributed by atoms with E-state index < -0.39 is 11.9 Å². The van der Waals surface area contributed by atoms with Crippen LogP contribution in [0, 0.1) is 11.3 Å². The summed E-state index contributed by atoms with van der Waals surface area (Å²) in [5.74, 6) is 0. The molecule has 0 amide bonds. The minimum absolute atomic E-state index is 0.193. The monoisotopic (exact) mass is 243 g/mol. The van der Waals surface area contributed by atoms with Crippen molar-refractivity contribution in [2.75, 3.05) is 0 Å². The topological polar surface area (TPSA) is 52.5 Å². The lowest BCUT2D eigenvalue weighted by Crippen LogP contribution is -2.04. The molecule has 0 spiro atoms. The molecular weight excluding hydrogens is 239 g/mol. The van der Waals surface area contributed by atoms with Gasteiger partial charge in [0.05, 0.1) is 4.88 Å². The van der Waals surface area contributed by atoms with Crippen LogP contribution in [-0.2, 0) is 6.18 Å². The summed E-state index contributed by atoms with van der Waals surface area (Å²) in [6, 6.07) is 5.95. The van der Waals surface area contributed by atoms with Crippen molar-refractivity contribution in [1.29, 1.82) is 5.26 Å². The predicted octanol–water partition coefficient (Wildman–Crippen LogP) is 3.03. The highest BCUT2D eigenvalue weighted by Gasteiger charge is 2.33. The van der Waals surface area contributed by atoms with E-state index in [0.717, 1.165) is 17.4 Å². The Morgan fingerprint density at radius 1 is 1.38 bits per heavy atom. The van der Waals surface area contributed by atoms with Crippen LogP contribution in [0.2, 0.25) is 0 Å². The number of alkyl halides is 3. The fourth-order valence-corrected chi connectivity index (χ4v) is 1.89. The molecule has 0 atom stereocenters. The van der Waals surface area contributed by atoms with Gasteiger partial charge in [0.25, 0.3) is 0 Å². The molecule has 7 heteroatoms. The second kappa shape index (κ2) is 3.64. The number of aromatic nitrogens is 2. The Labute approximate surface area is 92.1 Å². The average molecular weight is 243 g/mol. The fraction of sp³-hybridized carbons (Fsp3) is 0.111. The van der Waals surface area contributed by atoms with Crippen LogP contribution in [0.3, 0.4) is 0 Å². The van der Waals surface area contributed by atoms with Gasteiger partial charge in [0, 0.05) is 0 Å². The summed E-state index contributed by atoms with van der Waals surface area (Å²) in [7, 11) is 0. The molecule has 2 aromatic rings. The maximum atomic E-state index is 12.3. The number of nitrogens with one attached hydrogen (secondary N) is 1. The molecule has 0 radical (unpaired) electrons. The first-order chi connectivity index (χ1) is 7.50. The summed E-state index contributed by atoms with van der Waals surface area (Å²) in [6.07, 6.45) is -4.43. The Hall–Kier alpha value is -1.81. The van der Waals surface area contributed by atoms with Crippen LogP contribution in [0.15, 0.2) is 18.2 Å². The molecule has 16 heavy (non-hydrogen) atoms. The van der Waals surface area contributed by atoms with Crippen molar-refractivity contribution in [3.05, 3.63) is 28.8 Å². The van der Waals surface area contributed by atoms with Crippen molar-refractivity contribution >= 4 is 11.3 Å². The van der Waals surface area contributed by atoms with Gasteiger partial charge in [0.1, 0.15) is 22.3 Å². The lowest BCUT2D eigenvalue weighted by molar-refractivity contribution is -0.141. The van der Waals surface area contributed by atoms with E-state index in [9.17, 15) is 13.2 Å². The summed E-state index contributed by atoms with van der Waals surface area (Å²) in [5.41, 5.74) is -0.701. The molecule has 0 saturated carbocycles. The Morgan fingerprint density at radius 2 is 2.12 bits per heavy atom. The van der Waals surface area contributed by atoms with E-state index in [1.165, 1.54) is 0 Å². The predicted molar refractivity (Wildman–Crippen MR) is 51.6 cm³/mol. The van der Waals surface area contributed by atoms with Crippen LogP contribution in [-0.4, -0.2) is 10.2 Å². The number of rotatable bonds is 1. The first-order valence-corrected chi connectivity index (χ1v) is 4.95. The Bertz CT molecular complexity index is 547. The van der Waals surface area contributed by atoms with Crippen molar-refractivity contribution in [2.24, 2.45) is 0 Å².